The summed E-state index contributed by atoms with van der Waals surface area (Å²) in [6.07, 6.45) is 3.90. The number of aryl methyl sites for hydroxylation is 1. The van der Waals surface area contributed by atoms with Crippen LogP contribution in [0.3, 0.4) is 0 Å². The van der Waals surface area contributed by atoms with Crippen LogP contribution in [-0.4, -0.2) is 6.21 Å². The zero-order valence-electron chi connectivity index (χ0n) is 10.8. The van der Waals surface area contributed by atoms with Crippen LogP contribution in [0, 0.1) is 0 Å². The van der Waals surface area contributed by atoms with Crippen LogP contribution in [0.15, 0.2) is 58.2 Å². The first-order valence-corrected chi connectivity index (χ1v) is 6.98. The Morgan fingerprint density at radius 3 is 2.26 bits per heavy atom. The van der Waals surface area contributed by atoms with E-state index in [9.17, 15) is 0 Å². The lowest BCUT2D eigenvalue weighted by Gasteiger charge is -2.01. The summed E-state index contributed by atoms with van der Waals surface area (Å²) in [5.74, 6) is 0. The van der Waals surface area contributed by atoms with Crippen LogP contribution in [0.4, 0.5) is 0 Å². The van der Waals surface area contributed by atoms with Gasteiger partial charge in [0.2, 0.25) is 0 Å². The number of halogens is 1. The molecule has 0 aliphatic heterocycles. The van der Waals surface area contributed by atoms with Crippen molar-refractivity contribution in [1.29, 1.82) is 0 Å². The van der Waals surface area contributed by atoms with Crippen LogP contribution in [-0.2, 0) is 17.9 Å². The van der Waals surface area contributed by atoms with Crippen molar-refractivity contribution < 1.29 is 4.84 Å². The van der Waals surface area contributed by atoms with Crippen molar-refractivity contribution in [3.8, 4) is 0 Å². The predicted octanol–water partition coefficient (Wildman–Crippen LogP) is 4.44. The van der Waals surface area contributed by atoms with E-state index in [4.69, 9.17) is 4.84 Å². The van der Waals surface area contributed by atoms with E-state index in [1.54, 1.807) is 0 Å². The van der Waals surface area contributed by atoms with Crippen LogP contribution >= 0.6 is 15.9 Å². The van der Waals surface area contributed by atoms with Crippen molar-refractivity contribution in [2.45, 2.75) is 20.0 Å². The van der Waals surface area contributed by atoms with Crippen molar-refractivity contribution in [1.82, 2.24) is 0 Å². The predicted molar refractivity (Wildman–Crippen MR) is 81.3 cm³/mol. The molecule has 0 bridgehead atoms. The van der Waals surface area contributed by atoms with Gasteiger partial charge >= 0.3 is 0 Å². The molecule has 0 aliphatic carbocycles. The largest absolute Gasteiger partial charge is 0.390 e. The van der Waals surface area contributed by atoms with Crippen molar-refractivity contribution >= 4 is 22.1 Å². The number of hydrogen-bond acceptors (Lipinski definition) is 2. The third-order valence-corrected chi connectivity index (χ3v) is 3.27. The standard InChI is InChI=1S/C16H15BrNO/c1-2-13-3-5-15(6-4-13)12-19-18-11-14-7-9-16(17)10-8-14/h3-10H,2,12H2,1H3. The van der Waals surface area contributed by atoms with Gasteiger partial charge in [-0.3, -0.25) is 0 Å². The first-order valence-electron chi connectivity index (χ1n) is 6.19. The second-order valence-corrected chi connectivity index (χ2v) is 5.07. The summed E-state index contributed by atoms with van der Waals surface area (Å²) in [6.45, 7) is 2.61. The lowest BCUT2D eigenvalue weighted by molar-refractivity contribution is 0.132. The molecule has 0 amide bonds. The monoisotopic (exact) mass is 316 g/mol. The molecule has 2 aromatic carbocycles. The summed E-state index contributed by atoms with van der Waals surface area (Å²) in [5.41, 5.74) is 3.33. The molecule has 0 saturated heterocycles. The minimum atomic E-state index is 0.466. The van der Waals surface area contributed by atoms with E-state index in [1.165, 1.54) is 5.56 Å². The molecule has 0 saturated carbocycles. The zero-order valence-corrected chi connectivity index (χ0v) is 12.4. The minimum absolute atomic E-state index is 0.466. The quantitative estimate of drug-likeness (QED) is 0.590. The van der Waals surface area contributed by atoms with Crippen molar-refractivity contribution in [3.63, 3.8) is 0 Å². The second kappa shape index (κ2) is 7.10. The molecule has 0 aromatic heterocycles. The van der Waals surface area contributed by atoms with Crippen molar-refractivity contribution in [2.24, 2.45) is 5.16 Å². The van der Waals surface area contributed by atoms with E-state index in [2.05, 4.69) is 58.5 Å². The summed E-state index contributed by atoms with van der Waals surface area (Å²) in [6, 6.07) is 16.1. The first-order chi connectivity index (χ1) is 9.28. The average molecular weight is 317 g/mol. The van der Waals surface area contributed by atoms with Crippen LogP contribution in [0.2, 0.25) is 0 Å². The third-order valence-electron chi connectivity index (χ3n) is 2.75. The maximum atomic E-state index is 5.23. The van der Waals surface area contributed by atoms with Gasteiger partial charge in [-0.25, -0.2) is 0 Å². The van der Waals surface area contributed by atoms with Gasteiger partial charge in [0, 0.05) is 10.0 Å². The highest BCUT2D eigenvalue weighted by Gasteiger charge is 1.94. The van der Waals surface area contributed by atoms with E-state index in [0.29, 0.717) is 6.61 Å². The molecule has 0 unspecified atom stereocenters. The van der Waals surface area contributed by atoms with E-state index >= 15 is 0 Å². The minimum Gasteiger partial charge on any atom is -0.390 e. The number of hydrogen-bond donors (Lipinski definition) is 0. The smallest absolute Gasteiger partial charge is 0.142 e. The molecule has 0 N–H and O–H groups in total. The maximum absolute atomic E-state index is 5.23. The molecule has 2 rings (SSSR count). The molecular weight excluding hydrogens is 302 g/mol. The lowest BCUT2D eigenvalue weighted by Crippen LogP contribution is -1.89. The molecule has 0 spiro atoms. The fourth-order valence-corrected chi connectivity index (χ4v) is 1.85. The van der Waals surface area contributed by atoms with Gasteiger partial charge in [0.1, 0.15) is 12.8 Å². The lowest BCUT2D eigenvalue weighted by atomic mass is 10.1. The van der Waals surface area contributed by atoms with E-state index in [-0.39, 0.29) is 0 Å². The Balaban J connectivity index is 1.83. The van der Waals surface area contributed by atoms with Crippen molar-refractivity contribution in [3.05, 3.63) is 69.7 Å². The van der Waals surface area contributed by atoms with Crippen LogP contribution in [0.1, 0.15) is 23.6 Å². The highest BCUT2D eigenvalue weighted by atomic mass is 79.9. The molecular formula is C16H15BrNO. The molecule has 0 atom stereocenters. The van der Waals surface area contributed by atoms with Gasteiger partial charge in [-0.2, -0.15) is 0 Å². The van der Waals surface area contributed by atoms with Crippen LogP contribution < -0.4 is 0 Å². The number of benzene rings is 2. The third kappa shape index (κ3) is 4.52. The Morgan fingerprint density at radius 1 is 1.00 bits per heavy atom. The molecule has 1 radical (unpaired) electrons. The van der Waals surface area contributed by atoms with Gasteiger partial charge in [0.15, 0.2) is 0 Å². The van der Waals surface area contributed by atoms with E-state index in [1.807, 2.05) is 24.3 Å². The second-order valence-electron chi connectivity index (χ2n) is 4.15. The molecule has 19 heavy (non-hydrogen) atoms. The van der Waals surface area contributed by atoms with E-state index in [0.717, 1.165) is 22.0 Å². The number of rotatable bonds is 5. The van der Waals surface area contributed by atoms with Crippen LogP contribution in [0.25, 0.3) is 0 Å². The highest BCUT2D eigenvalue weighted by molar-refractivity contribution is 9.10. The molecule has 0 aliphatic rings. The molecule has 0 fully saturated rings. The molecule has 2 nitrogen and oxygen atoms in total. The maximum Gasteiger partial charge on any atom is 0.142 e. The number of nitrogens with zero attached hydrogens (tertiary/aromatic N) is 1. The topological polar surface area (TPSA) is 21.6 Å². The highest BCUT2D eigenvalue weighted by Crippen LogP contribution is 2.09. The Bertz CT molecular complexity index is 532. The summed E-state index contributed by atoms with van der Waals surface area (Å²) >= 11 is 3.38. The summed E-state index contributed by atoms with van der Waals surface area (Å²) in [7, 11) is 0. The van der Waals surface area contributed by atoms with Crippen molar-refractivity contribution in [2.75, 3.05) is 0 Å². The fourth-order valence-electron chi connectivity index (χ4n) is 1.59. The molecule has 3 heteroatoms. The Kier molecular flexibility index (Phi) is 5.16. The summed E-state index contributed by atoms with van der Waals surface area (Å²) in [5, 5.41) is 3.84. The fraction of sp³-hybridized carbons (Fsp3) is 0.188. The van der Waals surface area contributed by atoms with Gasteiger partial charge in [0.05, 0.1) is 0 Å². The van der Waals surface area contributed by atoms with Gasteiger partial charge in [0.25, 0.3) is 0 Å². The van der Waals surface area contributed by atoms with E-state index < -0.39 is 0 Å². The molecule has 0 heterocycles. The average Bonchev–Trinajstić information content (AvgIpc) is 2.46. The summed E-state index contributed by atoms with van der Waals surface area (Å²) < 4.78 is 1.04. The first kappa shape index (κ1) is 13.8. The zero-order chi connectivity index (χ0) is 13.5. The molecule has 2 aromatic rings. The van der Waals surface area contributed by atoms with Gasteiger partial charge in [-0.05, 0) is 29.7 Å². The Hall–Kier alpha value is -1.61. The van der Waals surface area contributed by atoms with Gasteiger partial charge in [-0.1, -0.05) is 64.4 Å². The van der Waals surface area contributed by atoms with Gasteiger partial charge in [-0.15, -0.1) is 0 Å². The summed E-state index contributed by atoms with van der Waals surface area (Å²) in [4.78, 5) is 5.23. The molecule has 97 valence electrons. The SMILES string of the molecule is CCc1ccc(CO/N=[C]\c2ccc(Br)cc2)cc1. The Morgan fingerprint density at radius 2 is 1.63 bits per heavy atom. The van der Waals surface area contributed by atoms with Crippen LogP contribution in [0.5, 0.6) is 0 Å². The normalized spacial score (nSPS) is 10.8. The van der Waals surface area contributed by atoms with Gasteiger partial charge < -0.3 is 4.84 Å². The Labute approximate surface area is 122 Å².